The fraction of sp³-hybridized carbons (Fsp3) is 0.214. The zero-order valence-electron chi connectivity index (χ0n) is 10.9. The lowest BCUT2D eigenvalue weighted by Gasteiger charge is -2.06. The summed E-state index contributed by atoms with van der Waals surface area (Å²) < 4.78 is 1.14. The van der Waals surface area contributed by atoms with Crippen LogP contribution in [0.4, 0.5) is 5.69 Å². The third-order valence-electron chi connectivity index (χ3n) is 2.79. The van der Waals surface area contributed by atoms with Crippen LogP contribution in [0.1, 0.15) is 23.0 Å². The molecule has 0 atom stereocenters. The van der Waals surface area contributed by atoms with Crippen LogP contribution in [0.2, 0.25) is 0 Å². The lowest BCUT2D eigenvalue weighted by atomic mass is 10.1. The number of hydrogen-bond acceptors (Lipinski definition) is 3. The molecule has 2 aromatic rings. The van der Waals surface area contributed by atoms with Gasteiger partial charge in [-0.3, -0.25) is 9.59 Å². The molecule has 1 aromatic heterocycles. The van der Waals surface area contributed by atoms with Gasteiger partial charge in [0.15, 0.2) is 0 Å². The molecule has 19 heavy (non-hydrogen) atoms. The molecular weight excluding hydrogens is 242 g/mol. The van der Waals surface area contributed by atoms with Crippen LogP contribution in [0.25, 0.3) is 0 Å². The van der Waals surface area contributed by atoms with Crippen LogP contribution in [0, 0.1) is 0 Å². The summed E-state index contributed by atoms with van der Waals surface area (Å²) in [6.07, 6.45) is 0.905. The van der Waals surface area contributed by atoms with E-state index in [1.807, 2.05) is 24.3 Å². The fourth-order valence-electron chi connectivity index (χ4n) is 1.69. The van der Waals surface area contributed by atoms with E-state index in [4.69, 9.17) is 0 Å². The second-order valence-corrected chi connectivity index (χ2v) is 4.19. The number of aromatic nitrogens is 2. The zero-order valence-corrected chi connectivity index (χ0v) is 10.9. The third-order valence-corrected chi connectivity index (χ3v) is 2.79. The summed E-state index contributed by atoms with van der Waals surface area (Å²) >= 11 is 0. The van der Waals surface area contributed by atoms with Crippen molar-refractivity contribution in [3.63, 3.8) is 0 Å². The Morgan fingerprint density at radius 1 is 1.32 bits per heavy atom. The van der Waals surface area contributed by atoms with Gasteiger partial charge in [-0.2, -0.15) is 5.10 Å². The van der Waals surface area contributed by atoms with Crippen molar-refractivity contribution < 1.29 is 4.79 Å². The minimum atomic E-state index is -0.330. The first-order chi connectivity index (χ1) is 9.10. The van der Waals surface area contributed by atoms with Crippen molar-refractivity contribution >= 4 is 11.6 Å². The lowest BCUT2D eigenvalue weighted by Crippen LogP contribution is -2.23. The average molecular weight is 257 g/mol. The lowest BCUT2D eigenvalue weighted by molar-refractivity contribution is 0.102. The van der Waals surface area contributed by atoms with Gasteiger partial charge in [-0.05, 0) is 30.2 Å². The number of rotatable bonds is 3. The molecule has 0 saturated carbocycles. The summed E-state index contributed by atoms with van der Waals surface area (Å²) in [5.41, 5.74) is 1.83. The summed E-state index contributed by atoms with van der Waals surface area (Å²) in [7, 11) is 1.51. The van der Waals surface area contributed by atoms with Crippen LogP contribution in [-0.4, -0.2) is 15.7 Å². The molecule has 98 valence electrons. The van der Waals surface area contributed by atoms with E-state index in [1.165, 1.54) is 19.2 Å². The van der Waals surface area contributed by atoms with E-state index in [2.05, 4.69) is 17.3 Å². The van der Waals surface area contributed by atoms with E-state index >= 15 is 0 Å². The van der Waals surface area contributed by atoms with Crippen molar-refractivity contribution in [3.05, 3.63) is 58.0 Å². The molecule has 0 bridgehead atoms. The molecule has 0 aliphatic heterocycles. The molecular formula is C14H15N3O2. The van der Waals surface area contributed by atoms with Crippen molar-refractivity contribution in [3.8, 4) is 0 Å². The molecule has 1 heterocycles. The molecule has 0 radical (unpaired) electrons. The number of carbonyl (C=O) groups is 1. The van der Waals surface area contributed by atoms with Gasteiger partial charge in [0.1, 0.15) is 5.69 Å². The van der Waals surface area contributed by atoms with E-state index in [9.17, 15) is 9.59 Å². The summed E-state index contributed by atoms with van der Waals surface area (Å²) in [5.74, 6) is -0.330. The van der Waals surface area contributed by atoms with Crippen molar-refractivity contribution in [2.24, 2.45) is 7.05 Å². The van der Waals surface area contributed by atoms with Gasteiger partial charge in [-0.15, -0.1) is 0 Å². The molecule has 1 N–H and O–H groups in total. The van der Waals surface area contributed by atoms with Crippen LogP contribution < -0.4 is 10.9 Å². The Hall–Kier alpha value is -2.43. The SMILES string of the molecule is CCc1cccc(NC(=O)c2ccc(=O)n(C)n2)c1. The first kappa shape index (κ1) is 13.0. The summed E-state index contributed by atoms with van der Waals surface area (Å²) in [6.45, 7) is 2.05. The maximum atomic E-state index is 12.0. The number of carbonyl (C=O) groups excluding carboxylic acids is 1. The molecule has 0 spiro atoms. The van der Waals surface area contributed by atoms with E-state index in [-0.39, 0.29) is 17.2 Å². The summed E-state index contributed by atoms with van der Waals surface area (Å²) in [6, 6.07) is 10.4. The number of amides is 1. The Morgan fingerprint density at radius 2 is 2.11 bits per heavy atom. The first-order valence-electron chi connectivity index (χ1n) is 6.05. The minimum absolute atomic E-state index is 0.212. The van der Waals surface area contributed by atoms with Gasteiger partial charge in [-0.1, -0.05) is 19.1 Å². The van der Waals surface area contributed by atoms with Crippen LogP contribution in [-0.2, 0) is 13.5 Å². The number of hydrogen-bond donors (Lipinski definition) is 1. The smallest absolute Gasteiger partial charge is 0.276 e. The second kappa shape index (κ2) is 5.48. The third kappa shape index (κ3) is 3.07. The van der Waals surface area contributed by atoms with Gasteiger partial charge >= 0.3 is 0 Å². The molecule has 0 aliphatic carbocycles. The molecule has 0 aliphatic rings. The zero-order chi connectivity index (χ0) is 13.8. The predicted molar refractivity (Wildman–Crippen MR) is 73.3 cm³/mol. The van der Waals surface area contributed by atoms with E-state index < -0.39 is 0 Å². The number of aryl methyl sites for hydroxylation is 2. The Balaban J connectivity index is 2.20. The average Bonchev–Trinajstić information content (AvgIpc) is 2.42. The van der Waals surface area contributed by atoms with Crippen LogP contribution in [0.3, 0.4) is 0 Å². The molecule has 2 rings (SSSR count). The monoisotopic (exact) mass is 257 g/mol. The molecule has 1 aromatic carbocycles. The van der Waals surface area contributed by atoms with Crippen molar-refractivity contribution in [1.82, 2.24) is 9.78 Å². The van der Waals surface area contributed by atoms with Gasteiger partial charge < -0.3 is 5.32 Å². The highest BCUT2D eigenvalue weighted by molar-refractivity contribution is 6.02. The topological polar surface area (TPSA) is 64.0 Å². The van der Waals surface area contributed by atoms with E-state index in [0.717, 1.165) is 22.4 Å². The Labute approximate surface area is 110 Å². The highest BCUT2D eigenvalue weighted by Gasteiger charge is 2.08. The van der Waals surface area contributed by atoms with Crippen LogP contribution in [0.15, 0.2) is 41.2 Å². The highest BCUT2D eigenvalue weighted by atomic mass is 16.2. The number of nitrogens with one attached hydrogen (secondary N) is 1. The van der Waals surface area contributed by atoms with Gasteiger partial charge in [0.25, 0.3) is 11.5 Å². The fourth-order valence-corrected chi connectivity index (χ4v) is 1.69. The Kier molecular flexibility index (Phi) is 3.75. The van der Waals surface area contributed by atoms with E-state index in [1.54, 1.807) is 0 Å². The molecule has 5 nitrogen and oxygen atoms in total. The largest absolute Gasteiger partial charge is 0.321 e. The number of nitrogens with zero attached hydrogens (tertiary/aromatic N) is 2. The highest BCUT2D eigenvalue weighted by Crippen LogP contribution is 2.11. The number of benzene rings is 1. The van der Waals surface area contributed by atoms with Crippen molar-refractivity contribution in [2.45, 2.75) is 13.3 Å². The van der Waals surface area contributed by atoms with Crippen molar-refractivity contribution in [1.29, 1.82) is 0 Å². The molecule has 0 unspecified atom stereocenters. The van der Waals surface area contributed by atoms with Gasteiger partial charge in [0, 0.05) is 18.8 Å². The maximum Gasteiger partial charge on any atom is 0.276 e. The quantitative estimate of drug-likeness (QED) is 0.908. The molecule has 0 fully saturated rings. The molecule has 0 saturated heterocycles. The molecule has 1 amide bonds. The van der Waals surface area contributed by atoms with Gasteiger partial charge in [0.05, 0.1) is 0 Å². The van der Waals surface area contributed by atoms with E-state index in [0.29, 0.717) is 0 Å². The standard InChI is InChI=1S/C14H15N3O2/c1-3-10-5-4-6-11(9-10)15-14(19)12-7-8-13(18)17(2)16-12/h4-9H,3H2,1-2H3,(H,15,19). The Bertz CT molecular complexity index is 662. The van der Waals surface area contributed by atoms with Crippen LogP contribution >= 0.6 is 0 Å². The normalized spacial score (nSPS) is 10.2. The van der Waals surface area contributed by atoms with Crippen molar-refractivity contribution in [2.75, 3.05) is 5.32 Å². The maximum absolute atomic E-state index is 12.0. The summed E-state index contributed by atoms with van der Waals surface area (Å²) in [4.78, 5) is 23.2. The van der Waals surface area contributed by atoms with Gasteiger partial charge in [0.2, 0.25) is 0 Å². The van der Waals surface area contributed by atoms with Crippen LogP contribution in [0.5, 0.6) is 0 Å². The second-order valence-electron chi connectivity index (χ2n) is 4.19. The summed E-state index contributed by atoms with van der Waals surface area (Å²) in [5, 5.41) is 6.67. The minimum Gasteiger partial charge on any atom is -0.321 e. The van der Waals surface area contributed by atoms with Gasteiger partial charge in [-0.25, -0.2) is 4.68 Å². The first-order valence-corrected chi connectivity index (χ1v) is 6.05. The Morgan fingerprint density at radius 3 is 2.79 bits per heavy atom. The predicted octanol–water partition coefficient (Wildman–Crippen LogP) is 1.59. The number of anilines is 1. The molecule has 5 heteroatoms.